The van der Waals surface area contributed by atoms with Crippen molar-refractivity contribution in [2.24, 2.45) is 4.99 Å². The van der Waals surface area contributed by atoms with Gasteiger partial charge < -0.3 is 16.0 Å². The molecule has 0 aromatic heterocycles. The van der Waals surface area contributed by atoms with Gasteiger partial charge in [0.25, 0.3) is 0 Å². The molecule has 1 heterocycles. The summed E-state index contributed by atoms with van der Waals surface area (Å²) in [5.74, 6) is -0.767. The van der Waals surface area contributed by atoms with Crippen LogP contribution in [-0.4, -0.2) is 43.6 Å². The average Bonchev–Trinajstić information content (AvgIpc) is 2.87. The SMILES string of the molecule is CCCCCCCC/C=C\CCCCCCCC(=O)NCC(=O)NCC(=O)NCC1=CCCC=N1. The third kappa shape index (κ3) is 19.5. The molecule has 0 saturated carbocycles. The van der Waals surface area contributed by atoms with Gasteiger partial charge in [-0.3, -0.25) is 19.4 Å². The number of unbranched alkanes of at least 4 members (excludes halogenated alkanes) is 11. The zero-order valence-electron chi connectivity index (χ0n) is 21.9. The molecular weight excluding hydrogens is 440 g/mol. The lowest BCUT2D eigenvalue weighted by molar-refractivity contribution is -0.127. The summed E-state index contributed by atoms with van der Waals surface area (Å²) in [5.41, 5.74) is 0.832. The fourth-order valence-electron chi connectivity index (χ4n) is 3.79. The normalized spacial score (nSPS) is 13.0. The van der Waals surface area contributed by atoms with Crippen LogP contribution in [0.25, 0.3) is 0 Å². The maximum atomic E-state index is 11.9. The van der Waals surface area contributed by atoms with Crippen molar-refractivity contribution in [3.05, 3.63) is 23.9 Å². The van der Waals surface area contributed by atoms with Gasteiger partial charge >= 0.3 is 0 Å². The highest BCUT2D eigenvalue weighted by Gasteiger charge is 2.08. The Morgan fingerprint density at radius 3 is 1.94 bits per heavy atom. The number of carbonyl (C=O) groups is 3. The first-order valence-electron chi connectivity index (χ1n) is 13.8. The Morgan fingerprint density at radius 1 is 0.743 bits per heavy atom. The minimum Gasteiger partial charge on any atom is -0.349 e. The van der Waals surface area contributed by atoms with E-state index in [1.54, 1.807) is 0 Å². The van der Waals surface area contributed by atoms with Gasteiger partial charge in [0.1, 0.15) is 0 Å². The van der Waals surface area contributed by atoms with Gasteiger partial charge in [-0.05, 0) is 44.9 Å². The molecule has 3 amide bonds. The number of hydrogen-bond acceptors (Lipinski definition) is 4. The van der Waals surface area contributed by atoms with E-state index in [2.05, 4.69) is 40.0 Å². The second-order valence-corrected chi connectivity index (χ2v) is 9.25. The first-order valence-corrected chi connectivity index (χ1v) is 13.8. The van der Waals surface area contributed by atoms with Crippen LogP contribution in [0.3, 0.4) is 0 Å². The average molecular weight is 489 g/mol. The lowest BCUT2D eigenvalue weighted by Gasteiger charge is -2.09. The number of amides is 3. The molecule has 3 N–H and O–H groups in total. The molecular formula is C28H48N4O3. The first kappa shape index (κ1) is 30.6. The lowest BCUT2D eigenvalue weighted by Crippen LogP contribution is -2.42. The van der Waals surface area contributed by atoms with E-state index in [9.17, 15) is 14.4 Å². The molecule has 0 radical (unpaired) electrons. The third-order valence-corrected chi connectivity index (χ3v) is 5.96. The molecule has 0 fully saturated rings. The number of nitrogens with zero attached hydrogens (tertiary/aromatic N) is 1. The summed E-state index contributed by atoms with van der Waals surface area (Å²) in [6.07, 6.45) is 26.6. The molecule has 1 rings (SSSR count). The molecule has 35 heavy (non-hydrogen) atoms. The van der Waals surface area contributed by atoms with E-state index < -0.39 is 0 Å². The minimum atomic E-state index is -0.368. The molecule has 198 valence electrons. The monoisotopic (exact) mass is 488 g/mol. The molecule has 7 heteroatoms. The van der Waals surface area contributed by atoms with E-state index in [0.29, 0.717) is 13.0 Å². The molecule has 0 saturated heterocycles. The molecule has 0 unspecified atom stereocenters. The fraction of sp³-hybridized carbons (Fsp3) is 0.714. The minimum absolute atomic E-state index is 0.105. The van der Waals surface area contributed by atoms with Gasteiger partial charge in [0.15, 0.2) is 0 Å². The highest BCUT2D eigenvalue weighted by atomic mass is 16.2. The lowest BCUT2D eigenvalue weighted by atomic mass is 10.1. The highest BCUT2D eigenvalue weighted by molar-refractivity contribution is 5.88. The summed E-state index contributed by atoms with van der Waals surface area (Å²) in [4.78, 5) is 39.7. The molecule has 1 aliphatic rings. The zero-order chi connectivity index (χ0) is 25.4. The van der Waals surface area contributed by atoms with Crippen molar-refractivity contribution in [3.8, 4) is 0 Å². The van der Waals surface area contributed by atoms with Crippen LogP contribution in [0, 0.1) is 0 Å². The Balaban J connectivity index is 1.88. The Bertz CT molecular complexity index is 686. The smallest absolute Gasteiger partial charge is 0.239 e. The van der Waals surface area contributed by atoms with E-state index >= 15 is 0 Å². The van der Waals surface area contributed by atoms with E-state index in [1.165, 1.54) is 57.8 Å². The Labute approximate surface area is 212 Å². The molecule has 0 aliphatic carbocycles. The molecule has 0 bridgehead atoms. The molecule has 0 spiro atoms. The number of rotatable bonds is 21. The van der Waals surface area contributed by atoms with Crippen LogP contribution in [0.5, 0.6) is 0 Å². The maximum Gasteiger partial charge on any atom is 0.239 e. The van der Waals surface area contributed by atoms with E-state index in [-0.39, 0.29) is 30.8 Å². The van der Waals surface area contributed by atoms with Gasteiger partial charge in [-0.25, -0.2) is 0 Å². The van der Waals surface area contributed by atoms with E-state index in [1.807, 2.05) is 12.3 Å². The van der Waals surface area contributed by atoms with Crippen LogP contribution in [0.15, 0.2) is 28.9 Å². The largest absolute Gasteiger partial charge is 0.349 e. The molecule has 1 aliphatic heterocycles. The molecule has 0 aromatic carbocycles. The van der Waals surface area contributed by atoms with E-state index in [4.69, 9.17) is 0 Å². The summed E-state index contributed by atoms with van der Waals surface area (Å²) in [6.45, 7) is 2.40. The van der Waals surface area contributed by atoms with Crippen LogP contribution in [0.2, 0.25) is 0 Å². The third-order valence-electron chi connectivity index (χ3n) is 5.96. The van der Waals surface area contributed by atoms with Crippen molar-refractivity contribution in [2.75, 3.05) is 19.6 Å². The van der Waals surface area contributed by atoms with Crippen molar-refractivity contribution in [3.63, 3.8) is 0 Å². The van der Waals surface area contributed by atoms with E-state index in [0.717, 1.165) is 44.2 Å². The number of allylic oxidation sites excluding steroid dienone is 3. The van der Waals surface area contributed by atoms with Crippen molar-refractivity contribution >= 4 is 23.9 Å². The number of nitrogens with one attached hydrogen (secondary N) is 3. The summed E-state index contributed by atoms with van der Waals surface area (Å²) >= 11 is 0. The Hall–Kier alpha value is -2.44. The van der Waals surface area contributed by atoms with Crippen molar-refractivity contribution in [1.29, 1.82) is 0 Å². The number of hydrogen-bond donors (Lipinski definition) is 3. The Morgan fingerprint density at radius 2 is 1.31 bits per heavy atom. The predicted octanol–water partition coefficient (Wildman–Crippen LogP) is 5.12. The van der Waals surface area contributed by atoms with Crippen molar-refractivity contribution in [2.45, 2.75) is 110 Å². The first-order chi connectivity index (χ1) is 17.1. The maximum absolute atomic E-state index is 11.9. The van der Waals surface area contributed by atoms with Crippen LogP contribution >= 0.6 is 0 Å². The zero-order valence-corrected chi connectivity index (χ0v) is 21.9. The van der Waals surface area contributed by atoms with Crippen molar-refractivity contribution in [1.82, 2.24) is 16.0 Å². The quantitative estimate of drug-likeness (QED) is 0.154. The summed E-state index contributed by atoms with van der Waals surface area (Å²) in [7, 11) is 0. The predicted molar refractivity (Wildman–Crippen MR) is 144 cm³/mol. The van der Waals surface area contributed by atoms with Crippen LogP contribution in [-0.2, 0) is 14.4 Å². The van der Waals surface area contributed by atoms with Crippen LogP contribution < -0.4 is 16.0 Å². The summed E-state index contributed by atoms with van der Waals surface area (Å²) in [5, 5.41) is 7.85. The van der Waals surface area contributed by atoms with Gasteiger partial charge in [0.05, 0.1) is 25.3 Å². The highest BCUT2D eigenvalue weighted by Crippen LogP contribution is 2.10. The second kappa shape index (κ2) is 22.1. The topological polar surface area (TPSA) is 99.7 Å². The summed E-state index contributed by atoms with van der Waals surface area (Å²) < 4.78 is 0. The van der Waals surface area contributed by atoms with Gasteiger partial charge in [-0.15, -0.1) is 0 Å². The summed E-state index contributed by atoms with van der Waals surface area (Å²) in [6, 6.07) is 0. The van der Waals surface area contributed by atoms with Gasteiger partial charge in [0.2, 0.25) is 17.7 Å². The van der Waals surface area contributed by atoms with Gasteiger partial charge in [0, 0.05) is 12.6 Å². The molecule has 0 atom stereocenters. The van der Waals surface area contributed by atoms with Crippen molar-refractivity contribution < 1.29 is 14.4 Å². The van der Waals surface area contributed by atoms with Crippen LogP contribution in [0.1, 0.15) is 110 Å². The molecule has 0 aromatic rings. The number of carbonyl (C=O) groups excluding carboxylic acids is 3. The van der Waals surface area contributed by atoms with Crippen LogP contribution in [0.4, 0.5) is 0 Å². The number of aliphatic imine (C=N–C) groups is 1. The fourth-order valence-corrected chi connectivity index (χ4v) is 3.79. The van der Waals surface area contributed by atoms with Gasteiger partial charge in [-0.1, -0.05) is 76.5 Å². The standard InChI is InChI=1S/C28H48N4O3/c1-2-3-4-5-6-7-8-9-10-11-12-13-14-15-16-20-26(33)31-23-28(35)32-24-27(34)30-22-25-19-17-18-21-29-25/h9-10,19,21H,2-8,11-18,20,22-24H2,1H3,(H,30,34)(H,31,33)(H,32,35)/b10-9-. The van der Waals surface area contributed by atoms with Gasteiger partial charge in [-0.2, -0.15) is 0 Å². The molecule has 7 nitrogen and oxygen atoms in total. The Kier molecular flexibility index (Phi) is 19.3. The second-order valence-electron chi connectivity index (χ2n) is 9.25.